The van der Waals surface area contributed by atoms with Gasteiger partial charge in [-0.05, 0) is 45.7 Å². The summed E-state index contributed by atoms with van der Waals surface area (Å²) in [6.07, 6.45) is 2.61. The molecule has 0 amide bonds. The molecule has 0 aliphatic heterocycles. The Kier molecular flexibility index (Phi) is 2.70. The van der Waals surface area contributed by atoms with Gasteiger partial charge in [0.2, 0.25) is 0 Å². The Morgan fingerprint density at radius 2 is 1.88 bits per heavy atom. The van der Waals surface area contributed by atoms with E-state index in [-0.39, 0.29) is 5.60 Å². The highest BCUT2D eigenvalue weighted by atomic mass is 16.5. The summed E-state index contributed by atoms with van der Waals surface area (Å²) in [6.45, 7) is 6.05. The number of nitrogen functional groups attached to an aromatic ring is 1. The quantitative estimate of drug-likeness (QED) is 0.798. The van der Waals surface area contributed by atoms with Gasteiger partial charge in [0.1, 0.15) is 5.60 Å². The summed E-state index contributed by atoms with van der Waals surface area (Å²) in [5, 5.41) is 0. The van der Waals surface area contributed by atoms with Gasteiger partial charge < -0.3 is 15.2 Å². The third-order valence-electron chi connectivity index (χ3n) is 2.20. The first-order valence-electron chi connectivity index (χ1n) is 5.69. The van der Waals surface area contributed by atoms with Crippen molar-refractivity contribution in [2.24, 2.45) is 0 Å². The predicted octanol–water partition coefficient (Wildman–Crippen LogP) is 2.99. The van der Waals surface area contributed by atoms with E-state index in [1.165, 1.54) is 0 Å². The molecule has 0 bridgehead atoms. The lowest BCUT2D eigenvalue weighted by molar-refractivity contribution is 0.122. The monoisotopic (exact) mass is 221 g/mol. The minimum Gasteiger partial charge on any atom is -0.486 e. The van der Waals surface area contributed by atoms with E-state index >= 15 is 0 Å². The van der Waals surface area contributed by atoms with E-state index < -0.39 is 0 Å². The molecule has 1 aliphatic rings. The number of rotatable bonds is 3. The lowest BCUT2D eigenvalue weighted by Gasteiger charge is -2.23. The van der Waals surface area contributed by atoms with Crippen LogP contribution >= 0.6 is 0 Å². The Bertz CT molecular complexity index is 378. The van der Waals surface area contributed by atoms with Crippen molar-refractivity contribution in [2.75, 3.05) is 5.73 Å². The summed E-state index contributed by atoms with van der Waals surface area (Å²) >= 11 is 0. The third-order valence-corrected chi connectivity index (χ3v) is 2.20. The van der Waals surface area contributed by atoms with Crippen LogP contribution in [0.4, 0.5) is 5.69 Å². The Morgan fingerprint density at radius 3 is 2.44 bits per heavy atom. The molecule has 2 rings (SSSR count). The van der Waals surface area contributed by atoms with E-state index in [0.29, 0.717) is 11.8 Å². The summed E-state index contributed by atoms with van der Waals surface area (Å²) in [4.78, 5) is 0. The first-order chi connectivity index (χ1) is 7.44. The lowest BCUT2D eigenvalue weighted by Crippen LogP contribution is -2.23. The fourth-order valence-electron chi connectivity index (χ4n) is 1.40. The molecule has 3 nitrogen and oxygen atoms in total. The molecule has 1 aromatic rings. The Labute approximate surface area is 96.5 Å². The van der Waals surface area contributed by atoms with Gasteiger partial charge in [-0.25, -0.2) is 0 Å². The maximum absolute atomic E-state index is 5.84. The molecule has 1 fully saturated rings. The molecule has 1 saturated carbocycles. The van der Waals surface area contributed by atoms with Crippen molar-refractivity contribution in [3.05, 3.63) is 18.2 Å². The van der Waals surface area contributed by atoms with E-state index in [0.717, 1.165) is 24.3 Å². The molecule has 0 unspecified atom stereocenters. The maximum Gasteiger partial charge on any atom is 0.163 e. The third kappa shape index (κ3) is 3.05. The van der Waals surface area contributed by atoms with Gasteiger partial charge in [-0.2, -0.15) is 0 Å². The number of ether oxygens (including phenoxy) is 2. The zero-order valence-corrected chi connectivity index (χ0v) is 10.1. The topological polar surface area (TPSA) is 44.5 Å². The van der Waals surface area contributed by atoms with Gasteiger partial charge in [0.25, 0.3) is 0 Å². The largest absolute Gasteiger partial charge is 0.486 e. The van der Waals surface area contributed by atoms with Crippen LogP contribution in [0.25, 0.3) is 0 Å². The first-order valence-corrected chi connectivity index (χ1v) is 5.69. The van der Waals surface area contributed by atoms with Gasteiger partial charge in [0.15, 0.2) is 11.5 Å². The van der Waals surface area contributed by atoms with Crippen LogP contribution in [-0.2, 0) is 0 Å². The molecule has 16 heavy (non-hydrogen) atoms. The van der Waals surface area contributed by atoms with Crippen molar-refractivity contribution in [2.45, 2.75) is 45.3 Å². The molecular weight excluding hydrogens is 202 g/mol. The Morgan fingerprint density at radius 1 is 1.19 bits per heavy atom. The summed E-state index contributed by atoms with van der Waals surface area (Å²) in [6, 6.07) is 5.54. The SMILES string of the molecule is CC(C)(C)Oc1ccc(N)cc1OC1CC1. The molecule has 0 aromatic heterocycles. The average Bonchev–Trinajstić information content (AvgIpc) is 2.91. The number of nitrogens with two attached hydrogens (primary N) is 1. The van der Waals surface area contributed by atoms with Gasteiger partial charge in [-0.15, -0.1) is 0 Å². The molecule has 0 spiro atoms. The molecule has 0 atom stereocenters. The van der Waals surface area contributed by atoms with Gasteiger partial charge in [-0.3, -0.25) is 0 Å². The van der Waals surface area contributed by atoms with Gasteiger partial charge in [0, 0.05) is 11.8 Å². The van der Waals surface area contributed by atoms with Crippen LogP contribution < -0.4 is 15.2 Å². The number of hydrogen-bond donors (Lipinski definition) is 1. The molecule has 0 saturated heterocycles. The number of hydrogen-bond acceptors (Lipinski definition) is 3. The molecular formula is C13H19NO2. The molecule has 1 aliphatic carbocycles. The fourth-order valence-corrected chi connectivity index (χ4v) is 1.40. The van der Waals surface area contributed by atoms with E-state index in [1.54, 1.807) is 0 Å². The van der Waals surface area contributed by atoms with Gasteiger partial charge >= 0.3 is 0 Å². The zero-order valence-electron chi connectivity index (χ0n) is 10.1. The Balaban J connectivity index is 2.20. The molecule has 0 radical (unpaired) electrons. The molecule has 88 valence electrons. The van der Waals surface area contributed by atoms with E-state index in [9.17, 15) is 0 Å². The van der Waals surface area contributed by atoms with Crippen LogP contribution in [0.1, 0.15) is 33.6 Å². The molecule has 2 N–H and O–H groups in total. The van der Waals surface area contributed by atoms with Crippen LogP contribution in [-0.4, -0.2) is 11.7 Å². The van der Waals surface area contributed by atoms with Crippen molar-refractivity contribution >= 4 is 5.69 Å². The summed E-state index contributed by atoms with van der Waals surface area (Å²) in [7, 11) is 0. The Hall–Kier alpha value is -1.38. The van der Waals surface area contributed by atoms with Crippen LogP contribution in [0, 0.1) is 0 Å². The highest BCUT2D eigenvalue weighted by Crippen LogP contribution is 2.36. The fraction of sp³-hybridized carbons (Fsp3) is 0.538. The smallest absolute Gasteiger partial charge is 0.163 e. The highest BCUT2D eigenvalue weighted by molar-refractivity contribution is 5.52. The molecule has 3 heteroatoms. The van der Waals surface area contributed by atoms with Crippen molar-refractivity contribution in [3.8, 4) is 11.5 Å². The van der Waals surface area contributed by atoms with Crippen molar-refractivity contribution in [1.82, 2.24) is 0 Å². The standard InChI is InChI=1S/C13H19NO2/c1-13(2,3)16-11-7-4-9(14)8-12(11)15-10-5-6-10/h4,7-8,10H,5-6,14H2,1-3H3. The van der Waals surface area contributed by atoms with E-state index in [2.05, 4.69) is 0 Å². The first kappa shape index (κ1) is 11.1. The second-order valence-corrected chi connectivity index (χ2v) is 5.24. The van der Waals surface area contributed by atoms with Crippen molar-refractivity contribution < 1.29 is 9.47 Å². The minimum atomic E-state index is -0.224. The molecule has 1 aromatic carbocycles. The second kappa shape index (κ2) is 3.89. The van der Waals surface area contributed by atoms with E-state index in [1.807, 2.05) is 39.0 Å². The average molecular weight is 221 g/mol. The van der Waals surface area contributed by atoms with Crippen LogP contribution in [0.5, 0.6) is 11.5 Å². The molecule has 0 heterocycles. The lowest BCUT2D eigenvalue weighted by atomic mass is 10.2. The minimum absolute atomic E-state index is 0.224. The highest BCUT2D eigenvalue weighted by Gasteiger charge is 2.26. The van der Waals surface area contributed by atoms with Crippen molar-refractivity contribution in [1.29, 1.82) is 0 Å². The van der Waals surface area contributed by atoms with Gasteiger partial charge in [0.05, 0.1) is 6.10 Å². The number of anilines is 1. The normalized spacial score (nSPS) is 15.9. The van der Waals surface area contributed by atoms with Crippen LogP contribution in [0.3, 0.4) is 0 Å². The second-order valence-electron chi connectivity index (χ2n) is 5.24. The summed E-state index contributed by atoms with van der Waals surface area (Å²) in [5.74, 6) is 1.53. The van der Waals surface area contributed by atoms with Gasteiger partial charge in [-0.1, -0.05) is 0 Å². The summed E-state index contributed by atoms with van der Waals surface area (Å²) < 4.78 is 11.6. The summed E-state index contributed by atoms with van der Waals surface area (Å²) in [5.41, 5.74) is 6.23. The predicted molar refractivity (Wildman–Crippen MR) is 64.9 cm³/mol. The van der Waals surface area contributed by atoms with Crippen LogP contribution in [0.2, 0.25) is 0 Å². The van der Waals surface area contributed by atoms with Crippen LogP contribution in [0.15, 0.2) is 18.2 Å². The maximum atomic E-state index is 5.84. The number of benzene rings is 1. The van der Waals surface area contributed by atoms with E-state index in [4.69, 9.17) is 15.2 Å². The zero-order chi connectivity index (χ0) is 11.8. The van der Waals surface area contributed by atoms with Crippen molar-refractivity contribution in [3.63, 3.8) is 0 Å².